The summed E-state index contributed by atoms with van der Waals surface area (Å²) in [6.45, 7) is 6.74. The number of carbonyl (C=O) groups excluding carboxylic acids is 2. The predicted octanol–water partition coefficient (Wildman–Crippen LogP) is 16.3. The Morgan fingerprint density at radius 2 is 0.899 bits per heavy atom. The minimum absolute atomic E-state index is 0.0368. The van der Waals surface area contributed by atoms with E-state index in [4.69, 9.17) is 13.8 Å². The molecule has 9 nitrogen and oxygen atoms in total. The summed E-state index contributed by atoms with van der Waals surface area (Å²) < 4.78 is 30.1. The summed E-state index contributed by atoms with van der Waals surface area (Å²) in [6, 6.07) is -0.923. The number of nitrogens with one attached hydrogen (secondary N) is 1. The van der Waals surface area contributed by atoms with E-state index in [1.165, 1.54) is 122 Å². The molecule has 69 heavy (non-hydrogen) atoms. The Balaban J connectivity index is 5.49. The van der Waals surface area contributed by atoms with Crippen molar-refractivity contribution in [3.63, 3.8) is 0 Å². The second-order valence-corrected chi connectivity index (χ2v) is 21.5. The molecule has 3 unspecified atom stereocenters. The van der Waals surface area contributed by atoms with Crippen LogP contribution in [0.5, 0.6) is 0 Å². The maximum Gasteiger partial charge on any atom is 0.306 e. The molecule has 0 spiro atoms. The molecule has 1 N–H and O–H groups in total. The van der Waals surface area contributed by atoms with Crippen molar-refractivity contribution in [1.29, 1.82) is 0 Å². The summed E-state index contributed by atoms with van der Waals surface area (Å²) in [7, 11) is 1.14. The van der Waals surface area contributed by atoms with Crippen molar-refractivity contribution in [2.45, 2.75) is 251 Å². The van der Waals surface area contributed by atoms with Gasteiger partial charge >= 0.3 is 5.97 Å². The highest BCUT2D eigenvalue weighted by molar-refractivity contribution is 7.45. The second-order valence-electron chi connectivity index (χ2n) is 20.1. The molecule has 0 aromatic carbocycles. The van der Waals surface area contributed by atoms with Crippen molar-refractivity contribution in [3.05, 3.63) is 72.9 Å². The molecule has 0 aliphatic heterocycles. The third kappa shape index (κ3) is 50.2. The van der Waals surface area contributed by atoms with Crippen LogP contribution in [0.1, 0.15) is 239 Å². The Morgan fingerprint density at radius 3 is 1.39 bits per heavy atom. The van der Waals surface area contributed by atoms with Crippen LogP contribution in [-0.2, 0) is 27.9 Å². The van der Waals surface area contributed by atoms with E-state index in [9.17, 15) is 19.0 Å². The first-order valence-corrected chi connectivity index (χ1v) is 29.7. The summed E-state index contributed by atoms with van der Waals surface area (Å²) >= 11 is 0. The third-order valence-corrected chi connectivity index (χ3v) is 13.1. The minimum atomic E-state index is -4.71. The van der Waals surface area contributed by atoms with Gasteiger partial charge < -0.3 is 28.5 Å². The second kappa shape index (κ2) is 49.0. The Hall–Kier alpha value is -2.55. The van der Waals surface area contributed by atoms with E-state index in [2.05, 4.69) is 86.8 Å². The molecule has 10 heteroatoms. The fourth-order valence-corrected chi connectivity index (χ4v) is 8.41. The number of hydrogen-bond acceptors (Lipinski definition) is 7. The number of allylic oxidation sites excluding steroid dienone is 11. The molecular weight excluding hydrogens is 880 g/mol. The number of unbranched alkanes of at least 4 members (excludes halogenated alkanes) is 24. The van der Waals surface area contributed by atoms with Crippen molar-refractivity contribution in [1.82, 2.24) is 5.32 Å². The molecule has 1 amide bonds. The normalized spacial score (nSPS) is 14.4. The van der Waals surface area contributed by atoms with E-state index in [0.29, 0.717) is 23.9 Å². The molecule has 0 aromatic rings. The Labute approximate surface area is 425 Å². The molecule has 0 fully saturated rings. The van der Waals surface area contributed by atoms with Crippen LogP contribution < -0.4 is 10.2 Å². The summed E-state index contributed by atoms with van der Waals surface area (Å²) in [5.41, 5.74) is 0. The van der Waals surface area contributed by atoms with Gasteiger partial charge in [0, 0.05) is 12.8 Å². The lowest BCUT2D eigenvalue weighted by Crippen LogP contribution is -2.47. The van der Waals surface area contributed by atoms with Gasteiger partial charge in [0.05, 0.1) is 33.8 Å². The quantitative estimate of drug-likeness (QED) is 0.0212. The smallest absolute Gasteiger partial charge is 0.306 e. The molecule has 400 valence electrons. The number of likely N-dealkylation sites (N-methyl/N-ethyl adjacent to an activating group) is 1. The van der Waals surface area contributed by atoms with E-state index >= 15 is 0 Å². The molecule has 0 saturated carbocycles. The monoisotopic (exact) mass is 987 g/mol. The number of amides is 1. The minimum Gasteiger partial charge on any atom is -0.756 e. The lowest BCUT2D eigenvalue weighted by Gasteiger charge is -2.30. The van der Waals surface area contributed by atoms with Crippen molar-refractivity contribution >= 4 is 19.7 Å². The molecule has 0 aliphatic carbocycles. The number of nitrogens with zero attached hydrogens (tertiary/aromatic N) is 1. The van der Waals surface area contributed by atoms with E-state index in [1.807, 2.05) is 33.3 Å². The highest BCUT2D eigenvalue weighted by atomic mass is 31.2. The highest BCUT2D eigenvalue weighted by Crippen LogP contribution is 2.38. The molecular formula is C59H107N2O7P. The molecule has 0 aromatic heterocycles. The maximum absolute atomic E-state index is 13.4. The molecule has 0 heterocycles. The van der Waals surface area contributed by atoms with Gasteiger partial charge in [0.25, 0.3) is 7.82 Å². The Kier molecular flexibility index (Phi) is 47.2. The fourth-order valence-electron chi connectivity index (χ4n) is 7.68. The van der Waals surface area contributed by atoms with Gasteiger partial charge in [-0.05, 0) is 96.0 Å². The van der Waals surface area contributed by atoms with Gasteiger partial charge in [0.2, 0.25) is 5.91 Å². The van der Waals surface area contributed by atoms with Crippen LogP contribution in [0.4, 0.5) is 0 Å². The first kappa shape index (κ1) is 66.5. The molecule has 0 rings (SSSR count). The van der Waals surface area contributed by atoms with Gasteiger partial charge in [0.15, 0.2) is 0 Å². The largest absolute Gasteiger partial charge is 0.756 e. The highest BCUT2D eigenvalue weighted by Gasteiger charge is 2.27. The van der Waals surface area contributed by atoms with Gasteiger partial charge in [-0.25, -0.2) is 0 Å². The number of carbonyl (C=O) groups is 2. The average molecular weight is 987 g/mol. The van der Waals surface area contributed by atoms with E-state index in [0.717, 1.165) is 70.6 Å². The average Bonchev–Trinajstić information content (AvgIpc) is 3.31. The summed E-state index contributed by atoms with van der Waals surface area (Å²) in [5, 5.41) is 2.98. The van der Waals surface area contributed by atoms with Gasteiger partial charge in [-0.2, -0.15) is 0 Å². The zero-order valence-electron chi connectivity index (χ0n) is 45.5. The maximum atomic E-state index is 13.4. The number of rotatable bonds is 50. The number of phosphoric ester groups is 1. The Morgan fingerprint density at radius 1 is 0.507 bits per heavy atom. The van der Waals surface area contributed by atoms with Gasteiger partial charge in [-0.1, -0.05) is 203 Å². The van der Waals surface area contributed by atoms with Crippen molar-refractivity contribution in [2.75, 3.05) is 40.9 Å². The summed E-state index contributed by atoms with van der Waals surface area (Å²) in [6.07, 6.45) is 61.6. The lowest BCUT2D eigenvalue weighted by molar-refractivity contribution is -0.870. The first-order valence-electron chi connectivity index (χ1n) is 28.2. The fraction of sp³-hybridized carbons (Fsp3) is 0.763. The SMILES string of the molecule is CCCCC/C=C\C/C=C\C/C=C\C/C=C\CCCC(=O)NC(COP(=O)([O-])OCC[N+](C)(C)C)C(/C=C/CCCCCCCCCCCC)OC(=O)CCCCC/C=C\CCCCCCCCC. The van der Waals surface area contributed by atoms with Crippen LogP contribution in [0, 0.1) is 0 Å². The van der Waals surface area contributed by atoms with Crippen molar-refractivity contribution in [3.8, 4) is 0 Å². The van der Waals surface area contributed by atoms with Gasteiger partial charge in [-0.15, -0.1) is 0 Å². The number of ether oxygens (including phenoxy) is 1. The number of phosphoric acid groups is 1. The zero-order chi connectivity index (χ0) is 50.8. The molecule has 0 aliphatic rings. The van der Waals surface area contributed by atoms with E-state index in [-0.39, 0.29) is 31.3 Å². The molecule has 0 saturated heterocycles. The van der Waals surface area contributed by atoms with Crippen molar-refractivity contribution < 1.29 is 37.3 Å². The van der Waals surface area contributed by atoms with E-state index in [1.54, 1.807) is 0 Å². The van der Waals surface area contributed by atoms with Crippen molar-refractivity contribution in [2.24, 2.45) is 0 Å². The van der Waals surface area contributed by atoms with Crippen LogP contribution in [0.2, 0.25) is 0 Å². The van der Waals surface area contributed by atoms with Gasteiger partial charge in [0.1, 0.15) is 19.3 Å². The van der Waals surface area contributed by atoms with Crippen LogP contribution in [0.15, 0.2) is 72.9 Å². The summed E-state index contributed by atoms with van der Waals surface area (Å²) in [5.74, 6) is -0.627. The predicted molar refractivity (Wildman–Crippen MR) is 293 cm³/mol. The third-order valence-electron chi connectivity index (χ3n) is 12.1. The number of esters is 1. The van der Waals surface area contributed by atoms with Crippen LogP contribution in [0.3, 0.4) is 0 Å². The number of quaternary nitrogens is 1. The standard InChI is InChI=1S/C59H107N2O7P/c1-7-10-13-16-19-22-25-28-30-31-32-33-36-39-42-45-48-51-58(62)60-56(55-67-69(64,65)66-54-53-61(4,5)6)57(50-47-44-41-38-35-27-24-21-18-15-12-9-3)68-59(63)52-49-46-43-40-37-34-29-26-23-20-17-14-11-8-2/h19,22,28,30,32-34,37,39,42,47,50,56-57H,7-18,20-21,23-27,29,31,35-36,38,40-41,43-46,48-49,51-55H2,1-6H3,(H-,60,62,64,65)/b22-19-,30-28-,33-32-,37-34-,42-39-,50-47+. The summed E-state index contributed by atoms with van der Waals surface area (Å²) in [4.78, 5) is 39.8. The molecule has 3 atom stereocenters. The number of hydrogen-bond donors (Lipinski definition) is 1. The lowest BCUT2D eigenvalue weighted by atomic mass is 10.1. The van der Waals surface area contributed by atoms with Crippen LogP contribution in [0.25, 0.3) is 0 Å². The zero-order valence-corrected chi connectivity index (χ0v) is 46.4. The van der Waals surface area contributed by atoms with Gasteiger partial charge in [-0.3, -0.25) is 14.2 Å². The topological polar surface area (TPSA) is 114 Å². The molecule has 0 bridgehead atoms. The van der Waals surface area contributed by atoms with E-state index < -0.39 is 26.6 Å². The van der Waals surface area contributed by atoms with Crippen LogP contribution >= 0.6 is 7.82 Å². The first-order chi connectivity index (χ1) is 33.4. The van der Waals surface area contributed by atoms with Crippen LogP contribution in [-0.4, -0.2) is 69.4 Å². The Bertz CT molecular complexity index is 1420. The molecule has 0 radical (unpaired) electrons.